The lowest BCUT2D eigenvalue weighted by Crippen LogP contribution is -1.97. The third kappa shape index (κ3) is 3.00. The molecule has 0 aliphatic carbocycles. The lowest BCUT2D eigenvalue weighted by molar-refractivity contribution is 0.186. The van der Waals surface area contributed by atoms with E-state index in [1.807, 2.05) is 37.3 Å². The second kappa shape index (κ2) is 5.85. The summed E-state index contributed by atoms with van der Waals surface area (Å²) in [4.78, 5) is 0. The minimum atomic E-state index is -0.728. The Morgan fingerprint density at radius 2 is 1.83 bits per heavy atom. The molecule has 2 rings (SSSR count). The summed E-state index contributed by atoms with van der Waals surface area (Å²) >= 11 is 0. The van der Waals surface area contributed by atoms with Gasteiger partial charge in [-0.2, -0.15) is 0 Å². The van der Waals surface area contributed by atoms with Crippen LogP contribution in [0.2, 0.25) is 0 Å². The molecule has 1 unspecified atom stereocenters. The van der Waals surface area contributed by atoms with E-state index in [0.717, 1.165) is 16.9 Å². The molecule has 0 aliphatic rings. The fraction of sp³-hybridized carbons (Fsp3) is 0.333. The summed E-state index contributed by atoms with van der Waals surface area (Å²) in [5.74, 6) is 1.34. The molecule has 1 heterocycles. The van der Waals surface area contributed by atoms with Crippen LogP contribution in [0.4, 0.5) is 0 Å². The standard InChI is InChI=1S/C15H18O3/c1-11-4-6-12(7-5-11)15(17)14-9-8-13(18-14)3-2-10-16/h4-9,15-17H,2-3,10H2,1H3. The lowest BCUT2D eigenvalue weighted by Gasteiger charge is -2.08. The third-order valence-corrected chi connectivity index (χ3v) is 2.93. The van der Waals surface area contributed by atoms with Gasteiger partial charge >= 0.3 is 0 Å². The van der Waals surface area contributed by atoms with Gasteiger partial charge in [-0.1, -0.05) is 29.8 Å². The smallest absolute Gasteiger partial charge is 0.137 e. The first kappa shape index (κ1) is 12.9. The molecule has 18 heavy (non-hydrogen) atoms. The van der Waals surface area contributed by atoms with E-state index in [1.165, 1.54) is 0 Å². The topological polar surface area (TPSA) is 53.6 Å². The number of benzene rings is 1. The van der Waals surface area contributed by atoms with Crippen LogP contribution in [-0.4, -0.2) is 16.8 Å². The van der Waals surface area contributed by atoms with Gasteiger partial charge in [-0.3, -0.25) is 0 Å². The molecule has 1 atom stereocenters. The number of aliphatic hydroxyl groups excluding tert-OH is 2. The minimum absolute atomic E-state index is 0.149. The van der Waals surface area contributed by atoms with Gasteiger partial charge in [0.15, 0.2) is 0 Å². The van der Waals surface area contributed by atoms with Gasteiger partial charge in [0.1, 0.15) is 17.6 Å². The van der Waals surface area contributed by atoms with Gasteiger partial charge in [-0.05, 0) is 31.0 Å². The maximum absolute atomic E-state index is 10.2. The van der Waals surface area contributed by atoms with Gasteiger partial charge in [0.05, 0.1) is 0 Å². The molecule has 3 nitrogen and oxygen atoms in total. The predicted octanol–water partition coefficient (Wildman–Crippen LogP) is 2.59. The second-order valence-corrected chi connectivity index (χ2v) is 4.44. The number of rotatable bonds is 5. The van der Waals surface area contributed by atoms with Crippen LogP contribution in [-0.2, 0) is 6.42 Å². The summed E-state index contributed by atoms with van der Waals surface area (Å²) in [5, 5.41) is 18.9. The van der Waals surface area contributed by atoms with Crippen LogP contribution in [0.1, 0.15) is 35.2 Å². The summed E-state index contributed by atoms with van der Waals surface area (Å²) in [5.41, 5.74) is 1.98. The Morgan fingerprint density at radius 1 is 1.11 bits per heavy atom. The molecule has 96 valence electrons. The van der Waals surface area contributed by atoms with Crippen molar-refractivity contribution in [2.24, 2.45) is 0 Å². The van der Waals surface area contributed by atoms with Crippen molar-refractivity contribution in [3.05, 3.63) is 59.0 Å². The largest absolute Gasteiger partial charge is 0.463 e. The van der Waals surface area contributed by atoms with E-state index in [-0.39, 0.29) is 6.61 Å². The van der Waals surface area contributed by atoms with Crippen molar-refractivity contribution in [3.8, 4) is 0 Å². The minimum Gasteiger partial charge on any atom is -0.463 e. The van der Waals surface area contributed by atoms with E-state index in [1.54, 1.807) is 6.07 Å². The highest BCUT2D eigenvalue weighted by Gasteiger charge is 2.14. The van der Waals surface area contributed by atoms with Gasteiger partial charge in [0, 0.05) is 13.0 Å². The van der Waals surface area contributed by atoms with Crippen LogP contribution in [0.15, 0.2) is 40.8 Å². The van der Waals surface area contributed by atoms with E-state index in [0.29, 0.717) is 18.6 Å². The van der Waals surface area contributed by atoms with Crippen LogP contribution < -0.4 is 0 Å². The van der Waals surface area contributed by atoms with Gasteiger partial charge in [0.25, 0.3) is 0 Å². The number of aryl methyl sites for hydroxylation is 2. The molecule has 1 aromatic carbocycles. The average Bonchev–Trinajstić information content (AvgIpc) is 2.85. The Kier molecular flexibility index (Phi) is 4.18. The first-order valence-electron chi connectivity index (χ1n) is 6.15. The molecule has 0 radical (unpaired) electrons. The maximum atomic E-state index is 10.2. The first-order valence-corrected chi connectivity index (χ1v) is 6.15. The highest BCUT2D eigenvalue weighted by Crippen LogP contribution is 2.24. The third-order valence-electron chi connectivity index (χ3n) is 2.93. The van der Waals surface area contributed by atoms with E-state index >= 15 is 0 Å². The summed E-state index contributed by atoms with van der Waals surface area (Å²) in [6.07, 6.45) is 0.638. The number of hydrogen-bond donors (Lipinski definition) is 2. The summed E-state index contributed by atoms with van der Waals surface area (Å²) in [7, 11) is 0. The van der Waals surface area contributed by atoms with Crippen molar-refractivity contribution in [2.45, 2.75) is 25.9 Å². The Hall–Kier alpha value is -1.58. The Bertz CT molecular complexity index is 485. The van der Waals surface area contributed by atoms with Crippen molar-refractivity contribution in [3.63, 3.8) is 0 Å². The summed E-state index contributed by atoms with van der Waals surface area (Å²) < 4.78 is 5.57. The highest BCUT2D eigenvalue weighted by atomic mass is 16.4. The molecule has 2 N–H and O–H groups in total. The van der Waals surface area contributed by atoms with Crippen LogP contribution >= 0.6 is 0 Å². The zero-order valence-electron chi connectivity index (χ0n) is 10.5. The van der Waals surface area contributed by atoms with Crippen molar-refractivity contribution in [1.29, 1.82) is 0 Å². The quantitative estimate of drug-likeness (QED) is 0.852. The van der Waals surface area contributed by atoms with Crippen molar-refractivity contribution in [2.75, 3.05) is 6.61 Å². The van der Waals surface area contributed by atoms with Gasteiger partial charge in [-0.15, -0.1) is 0 Å². The van der Waals surface area contributed by atoms with Crippen LogP contribution in [0.3, 0.4) is 0 Å². The molecule has 0 saturated heterocycles. The zero-order valence-corrected chi connectivity index (χ0v) is 10.5. The number of furan rings is 1. The number of aliphatic hydroxyl groups is 2. The zero-order chi connectivity index (χ0) is 13.0. The fourth-order valence-corrected chi connectivity index (χ4v) is 1.84. The molecule has 3 heteroatoms. The van der Waals surface area contributed by atoms with Gasteiger partial charge in [-0.25, -0.2) is 0 Å². The fourth-order valence-electron chi connectivity index (χ4n) is 1.84. The monoisotopic (exact) mass is 246 g/mol. The van der Waals surface area contributed by atoms with E-state index < -0.39 is 6.10 Å². The van der Waals surface area contributed by atoms with Crippen LogP contribution in [0.5, 0.6) is 0 Å². The highest BCUT2D eigenvalue weighted by molar-refractivity contribution is 5.28. The molecule has 2 aromatic rings. The summed E-state index contributed by atoms with van der Waals surface area (Å²) in [6, 6.07) is 11.4. The van der Waals surface area contributed by atoms with Gasteiger partial charge < -0.3 is 14.6 Å². The number of hydrogen-bond acceptors (Lipinski definition) is 3. The van der Waals surface area contributed by atoms with Crippen molar-refractivity contribution >= 4 is 0 Å². The molecule has 0 amide bonds. The van der Waals surface area contributed by atoms with Crippen molar-refractivity contribution in [1.82, 2.24) is 0 Å². The molecule has 0 spiro atoms. The second-order valence-electron chi connectivity index (χ2n) is 4.44. The maximum Gasteiger partial charge on any atom is 0.137 e. The molecule has 0 saturated carbocycles. The van der Waals surface area contributed by atoms with E-state index in [9.17, 15) is 5.11 Å². The summed E-state index contributed by atoms with van der Waals surface area (Å²) in [6.45, 7) is 2.16. The molecule has 0 fully saturated rings. The SMILES string of the molecule is Cc1ccc(C(O)c2ccc(CCCO)o2)cc1. The van der Waals surface area contributed by atoms with Crippen molar-refractivity contribution < 1.29 is 14.6 Å². The Morgan fingerprint density at radius 3 is 2.50 bits per heavy atom. The predicted molar refractivity (Wildman–Crippen MR) is 69.4 cm³/mol. The van der Waals surface area contributed by atoms with Crippen LogP contribution in [0.25, 0.3) is 0 Å². The van der Waals surface area contributed by atoms with Crippen LogP contribution in [0, 0.1) is 6.92 Å². The Labute approximate surface area is 107 Å². The molecular weight excluding hydrogens is 228 g/mol. The van der Waals surface area contributed by atoms with Gasteiger partial charge in [0.2, 0.25) is 0 Å². The average molecular weight is 246 g/mol. The first-order chi connectivity index (χ1) is 8.70. The lowest BCUT2D eigenvalue weighted by atomic mass is 10.1. The Balaban J connectivity index is 2.10. The normalized spacial score (nSPS) is 12.6. The molecule has 1 aromatic heterocycles. The molecule has 0 aliphatic heterocycles. The van der Waals surface area contributed by atoms with E-state index in [2.05, 4.69) is 0 Å². The molecule has 0 bridgehead atoms. The molecular formula is C15H18O3. The van der Waals surface area contributed by atoms with E-state index in [4.69, 9.17) is 9.52 Å².